The van der Waals surface area contributed by atoms with Crippen LogP contribution in [0.5, 0.6) is 5.75 Å². The fraction of sp³-hybridized carbons (Fsp3) is 0.429. The summed E-state index contributed by atoms with van der Waals surface area (Å²) in [7, 11) is 0. The molecule has 5 atom stereocenters. The van der Waals surface area contributed by atoms with Crippen LogP contribution in [0, 0.1) is 23.1 Å². The smallest absolute Gasteiger partial charge is 0.249 e. The number of rotatable bonds is 6. The second-order valence-corrected chi connectivity index (χ2v) is 14.1. The van der Waals surface area contributed by atoms with Crippen molar-refractivity contribution in [2.24, 2.45) is 17.3 Å². The first-order chi connectivity index (χ1) is 22.3. The van der Waals surface area contributed by atoms with E-state index in [9.17, 15) is 19.8 Å². The summed E-state index contributed by atoms with van der Waals surface area (Å²) in [5.74, 6) is -1.41. The maximum atomic E-state index is 15.1. The predicted molar refractivity (Wildman–Crippen MR) is 167 cm³/mol. The molecular formula is C35H37FN4O7. The molecule has 4 aromatic rings. The Balaban J connectivity index is 1.51. The monoisotopic (exact) mass is 644 g/mol. The zero-order valence-electron chi connectivity index (χ0n) is 26.8. The largest absolute Gasteiger partial charge is 0.469 e. The summed E-state index contributed by atoms with van der Waals surface area (Å²) in [6, 6.07) is 9.18. The number of nitrogens with zero attached hydrogens (tertiary/aromatic N) is 2. The van der Waals surface area contributed by atoms with Gasteiger partial charge >= 0.3 is 0 Å². The van der Waals surface area contributed by atoms with E-state index < -0.39 is 52.6 Å². The number of benzene rings is 2. The molecule has 11 nitrogen and oxygen atoms in total. The molecule has 47 heavy (non-hydrogen) atoms. The number of anilines is 1. The number of carbonyl (C=O) groups is 2. The highest BCUT2D eigenvalue weighted by molar-refractivity contribution is 5.89. The number of halogens is 1. The van der Waals surface area contributed by atoms with E-state index in [0.29, 0.717) is 22.6 Å². The Morgan fingerprint density at radius 2 is 1.91 bits per heavy atom. The third kappa shape index (κ3) is 4.92. The van der Waals surface area contributed by atoms with Crippen LogP contribution in [0.4, 0.5) is 10.1 Å². The summed E-state index contributed by atoms with van der Waals surface area (Å²) in [6.07, 6.45) is -0.653. The fourth-order valence-electron chi connectivity index (χ4n) is 6.92. The number of aromatic nitrogens is 2. The standard InChI is InChI=1S/C35H37FN4O7/c1-16(2)27(43)24(42)12-18-10-17-6-9-25-22(11-17)35(21-13-19(36)7-8-23(21)38-33(35)46-25)29-26(31-37-20(14-41)15-45-31)39-32(47-29)28(34(3,4)5)40-30(18)44/h6-9,11,13,15-16,18,27-28,33,38,41,43H,10,12,14H2,1-5H3,(H,40,44)/t18-,27+,28-,33+,35?/m1/s1. The highest BCUT2D eigenvalue weighted by atomic mass is 19.1. The quantitative estimate of drug-likeness (QED) is 0.230. The van der Waals surface area contributed by atoms with Crippen molar-refractivity contribution in [1.29, 1.82) is 0 Å². The van der Waals surface area contributed by atoms with Gasteiger partial charge in [-0.15, -0.1) is 0 Å². The van der Waals surface area contributed by atoms with Crippen molar-refractivity contribution in [3.8, 4) is 17.3 Å². The number of hydrogen-bond acceptors (Lipinski definition) is 10. The minimum atomic E-state index is -1.28. The van der Waals surface area contributed by atoms with Gasteiger partial charge in [-0.3, -0.25) is 9.59 Å². The maximum absolute atomic E-state index is 15.1. The Hall–Kier alpha value is -4.55. The van der Waals surface area contributed by atoms with Gasteiger partial charge in [-0.1, -0.05) is 46.8 Å². The molecule has 4 bridgehead atoms. The minimum absolute atomic E-state index is 0.0710. The summed E-state index contributed by atoms with van der Waals surface area (Å²) in [5, 5.41) is 26.8. The number of carbonyl (C=O) groups excluding carboxylic acids is 2. The van der Waals surface area contributed by atoms with E-state index in [0.717, 1.165) is 5.56 Å². The van der Waals surface area contributed by atoms with Crippen LogP contribution in [-0.4, -0.2) is 44.2 Å². The van der Waals surface area contributed by atoms with Gasteiger partial charge in [0.1, 0.15) is 41.1 Å². The molecule has 2 aromatic carbocycles. The van der Waals surface area contributed by atoms with Crippen molar-refractivity contribution in [3.05, 3.63) is 82.5 Å². The van der Waals surface area contributed by atoms with Gasteiger partial charge in [0.15, 0.2) is 23.5 Å². The van der Waals surface area contributed by atoms with E-state index in [-0.39, 0.29) is 54.3 Å². The van der Waals surface area contributed by atoms with Gasteiger partial charge < -0.3 is 34.4 Å². The third-order valence-corrected chi connectivity index (χ3v) is 9.38. The van der Waals surface area contributed by atoms with Crippen molar-refractivity contribution >= 4 is 17.4 Å². The van der Waals surface area contributed by atoms with Gasteiger partial charge in [0.2, 0.25) is 17.7 Å². The van der Waals surface area contributed by atoms with Crippen LogP contribution in [0.25, 0.3) is 11.6 Å². The van der Waals surface area contributed by atoms with E-state index in [1.165, 1.54) is 18.4 Å². The van der Waals surface area contributed by atoms with Gasteiger partial charge in [0.05, 0.1) is 6.61 Å². The Morgan fingerprint density at radius 1 is 1.13 bits per heavy atom. The zero-order chi connectivity index (χ0) is 33.4. The molecule has 0 saturated carbocycles. The third-order valence-electron chi connectivity index (χ3n) is 9.38. The molecule has 0 radical (unpaired) electrons. The first-order valence-electron chi connectivity index (χ1n) is 15.8. The second kappa shape index (κ2) is 11.0. The summed E-state index contributed by atoms with van der Waals surface area (Å²) < 4.78 is 34.2. The average molecular weight is 645 g/mol. The molecule has 7 rings (SSSR count). The van der Waals surface area contributed by atoms with E-state index in [2.05, 4.69) is 15.6 Å². The van der Waals surface area contributed by atoms with E-state index in [1.807, 2.05) is 32.9 Å². The molecule has 1 spiro atoms. The number of fused-ring (bicyclic) bond motifs is 4. The highest BCUT2D eigenvalue weighted by Crippen LogP contribution is 2.59. The van der Waals surface area contributed by atoms with Crippen molar-refractivity contribution < 1.29 is 37.8 Å². The van der Waals surface area contributed by atoms with Crippen LogP contribution in [-0.2, 0) is 28.0 Å². The number of Topliss-reactive ketones (excluding diaryl/α,β-unsaturated/α-hetero) is 1. The van der Waals surface area contributed by atoms with Crippen LogP contribution in [0.15, 0.2) is 51.5 Å². The maximum Gasteiger partial charge on any atom is 0.249 e. The first-order valence-corrected chi connectivity index (χ1v) is 15.8. The SMILES string of the molecule is CC(C)[C@H](O)C(=O)C[C@H]1Cc2ccc3c(c2)C2(c4cc(F)ccc4N[C@H]2O3)c2oc(nc2-c2nc(CO)co2)[C@H](C(C)(C)C)NC1=O. The molecule has 246 valence electrons. The Labute approximate surface area is 270 Å². The number of oxazole rings is 2. The second-order valence-electron chi connectivity index (χ2n) is 14.1. The minimum Gasteiger partial charge on any atom is -0.469 e. The van der Waals surface area contributed by atoms with Crippen molar-refractivity contribution in [1.82, 2.24) is 15.3 Å². The lowest BCUT2D eigenvalue weighted by atomic mass is 9.72. The van der Waals surface area contributed by atoms with Gasteiger partial charge in [0.25, 0.3) is 0 Å². The number of nitrogens with one attached hydrogen (secondary N) is 2. The predicted octanol–water partition coefficient (Wildman–Crippen LogP) is 4.79. The molecular weight excluding hydrogens is 607 g/mol. The van der Waals surface area contributed by atoms with Gasteiger partial charge in [-0.25, -0.2) is 14.4 Å². The van der Waals surface area contributed by atoms with Crippen LogP contribution >= 0.6 is 0 Å². The number of ether oxygens (including phenoxy) is 1. The molecule has 12 heteroatoms. The first kappa shape index (κ1) is 31.1. The lowest BCUT2D eigenvalue weighted by Gasteiger charge is -2.32. The van der Waals surface area contributed by atoms with Crippen LogP contribution in [0.2, 0.25) is 0 Å². The van der Waals surface area contributed by atoms with Crippen molar-refractivity contribution in [2.45, 2.75) is 77.9 Å². The van der Waals surface area contributed by atoms with E-state index in [4.69, 9.17) is 18.6 Å². The van der Waals surface area contributed by atoms with E-state index in [1.54, 1.807) is 26.0 Å². The Bertz CT molecular complexity index is 1890. The number of hydrogen-bond donors (Lipinski definition) is 4. The Morgan fingerprint density at radius 3 is 2.62 bits per heavy atom. The summed E-state index contributed by atoms with van der Waals surface area (Å²) >= 11 is 0. The van der Waals surface area contributed by atoms with E-state index >= 15 is 4.39 Å². The topological polar surface area (TPSA) is 160 Å². The molecule has 5 heterocycles. The normalized spacial score (nSPS) is 23.6. The summed E-state index contributed by atoms with van der Waals surface area (Å²) in [6.45, 7) is 8.91. The summed E-state index contributed by atoms with van der Waals surface area (Å²) in [5.41, 5.74) is 1.14. The number of ketones is 1. The van der Waals surface area contributed by atoms with Crippen molar-refractivity contribution in [2.75, 3.05) is 5.32 Å². The van der Waals surface area contributed by atoms with Gasteiger partial charge in [-0.2, -0.15) is 0 Å². The molecule has 0 saturated heterocycles. The number of aliphatic hydroxyl groups excluding tert-OH is 2. The molecule has 0 fully saturated rings. The molecule has 4 N–H and O–H groups in total. The molecule has 1 amide bonds. The fourth-order valence-corrected chi connectivity index (χ4v) is 6.92. The van der Waals surface area contributed by atoms with Crippen LogP contribution in [0.1, 0.15) is 81.1 Å². The molecule has 0 aliphatic carbocycles. The summed E-state index contributed by atoms with van der Waals surface area (Å²) in [4.78, 5) is 36.6. The molecule has 1 unspecified atom stereocenters. The van der Waals surface area contributed by atoms with Crippen LogP contribution < -0.4 is 15.4 Å². The lowest BCUT2D eigenvalue weighted by molar-refractivity contribution is -0.135. The highest BCUT2D eigenvalue weighted by Gasteiger charge is 2.61. The average Bonchev–Trinajstić information content (AvgIpc) is 3.79. The van der Waals surface area contributed by atoms with Crippen LogP contribution in [0.3, 0.4) is 0 Å². The van der Waals surface area contributed by atoms with Crippen molar-refractivity contribution in [3.63, 3.8) is 0 Å². The zero-order valence-corrected chi connectivity index (χ0v) is 26.8. The lowest BCUT2D eigenvalue weighted by Crippen LogP contribution is -2.42. The van der Waals surface area contributed by atoms with Gasteiger partial charge in [-0.05, 0) is 47.6 Å². The molecule has 3 aliphatic heterocycles. The molecule has 3 aliphatic rings. The number of aliphatic hydroxyl groups is 2. The molecule has 2 aromatic heterocycles. The number of amides is 1. The van der Waals surface area contributed by atoms with Gasteiger partial charge in [0, 0.05) is 29.2 Å². The Kier molecular flexibility index (Phi) is 7.28.